The summed E-state index contributed by atoms with van der Waals surface area (Å²) in [5, 5.41) is 3.34. The van der Waals surface area contributed by atoms with Crippen LogP contribution in [0.1, 0.15) is 25.3 Å². The van der Waals surface area contributed by atoms with Gasteiger partial charge in [0.2, 0.25) is 11.8 Å². The van der Waals surface area contributed by atoms with Gasteiger partial charge in [-0.15, -0.1) is 0 Å². The summed E-state index contributed by atoms with van der Waals surface area (Å²) in [4.78, 5) is 23.8. The number of amides is 2. The fraction of sp³-hybridized carbons (Fsp3) is 0.227. The Morgan fingerprint density at radius 3 is 2.50 bits per heavy atom. The average molecular weight is 496 g/mol. The molecule has 0 aliphatic rings. The van der Waals surface area contributed by atoms with Crippen molar-refractivity contribution in [1.29, 1.82) is 0 Å². The fourth-order valence-corrected chi connectivity index (χ4v) is 3.01. The van der Waals surface area contributed by atoms with Gasteiger partial charge in [0.25, 0.3) is 0 Å². The van der Waals surface area contributed by atoms with Crippen LogP contribution in [-0.2, 0) is 9.59 Å². The number of hydrazine groups is 1. The second kappa shape index (κ2) is 13.6. The minimum absolute atomic E-state index is 0.0242. The molecule has 0 bridgehead atoms. The van der Waals surface area contributed by atoms with E-state index in [9.17, 15) is 9.59 Å². The topological polar surface area (TPSA) is 88.7 Å². The number of hydrogen-bond acceptors (Lipinski definition) is 5. The van der Waals surface area contributed by atoms with Gasteiger partial charge in [0.05, 0.1) is 18.2 Å². The van der Waals surface area contributed by atoms with Crippen LogP contribution in [0.2, 0.25) is 10.0 Å². The van der Waals surface area contributed by atoms with Crippen molar-refractivity contribution in [3.8, 4) is 11.5 Å². The molecule has 0 saturated heterocycles. The van der Waals surface area contributed by atoms with Crippen molar-refractivity contribution >= 4 is 58.4 Å². The Morgan fingerprint density at radius 2 is 1.81 bits per heavy atom. The smallest absolute Gasteiger partial charge is 0.250 e. The quantitative estimate of drug-likeness (QED) is 0.208. The van der Waals surface area contributed by atoms with E-state index in [-0.39, 0.29) is 17.4 Å². The number of carbonyl (C=O) groups is 2. The Hall–Kier alpha value is -2.81. The van der Waals surface area contributed by atoms with Gasteiger partial charge in [-0.3, -0.25) is 25.8 Å². The van der Waals surface area contributed by atoms with Crippen LogP contribution in [0.3, 0.4) is 0 Å². The van der Waals surface area contributed by atoms with Crippen LogP contribution < -0.4 is 25.6 Å². The summed E-state index contributed by atoms with van der Waals surface area (Å²) in [5.74, 6) is 0.517. The first kappa shape index (κ1) is 25.5. The molecule has 0 heterocycles. The van der Waals surface area contributed by atoms with Crippen LogP contribution >= 0.6 is 35.4 Å². The van der Waals surface area contributed by atoms with E-state index in [0.717, 1.165) is 11.3 Å². The summed E-state index contributed by atoms with van der Waals surface area (Å²) >= 11 is 16.8. The summed E-state index contributed by atoms with van der Waals surface area (Å²) < 4.78 is 10.9. The monoisotopic (exact) mass is 495 g/mol. The van der Waals surface area contributed by atoms with Gasteiger partial charge in [0, 0.05) is 17.5 Å². The number of ether oxygens (including phenoxy) is 2. The molecule has 7 nitrogen and oxygen atoms in total. The van der Waals surface area contributed by atoms with E-state index in [1.807, 2.05) is 31.2 Å². The summed E-state index contributed by atoms with van der Waals surface area (Å²) in [5.41, 5.74) is 5.73. The second-order valence-electron chi connectivity index (χ2n) is 6.35. The van der Waals surface area contributed by atoms with Crippen LogP contribution in [-0.4, -0.2) is 30.1 Å². The highest BCUT2D eigenvalue weighted by molar-refractivity contribution is 7.80. The normalized spacial score (nSPS) is 10.5. The molecular formula is C22H23Cl2N3O4S. The highest BCUT2D eigenvalue weighted by Gasteiger charge is 2.06. The third kappa shape index (κ3) is 9.55. The zero-order valence-corrected chi connectivity index (χ0v) is 19.7. The molecule has 0 fully saturated rings. The summed E-state index contributed by atoms with van der Waals surface area (Å²) in [6.45, 7) is 2.79. The Morgan fingerprint density at radius 1 is 1.06 bits per heavy atom. The highest BCUT2D eigenvalue weighted by atomic mass is 35.5. The number of rotatable bonds is 9. The lowest BCUT2D eigenvalue weighted by Crippen LogP contribution is -2.48. The van der Waals surface area contributed by atoms with Crippen LogP contribution in [0.5, 0.6) is 11.5 Å². The van der Waals surface area contributed by atoms with Crippen molar-refractivity contribution in [2.24, 2.45) is 0 Å². The Labute approximate surface area is 202 Å². The van der Waals surface area contributed by atoms with Gasteiger partial charge >= 0.3 is 0 Å². The molecule has 2 aromatic carbocycles. The highest BCUT2D eigenvalue weighted by Crippen LogP contribution is 2.27. The molecule has 0 spiro atoms. The van der Waals surface area contributed by atoms with Crippen molar-refractivity contribution in [3.05, 3.63) is 64.1 Å². The van der Waals surface area contributed by atoms with E-state index in [2.05, 4.69) is 16.2 Å². The van der Waals surface area contributed by atoms with Gasteiger partial charge in [0.15, 0.2) is 5.11 Å². The largest absolute Gasteiger partial charge is 0.494 e. The van der Waals surface area contributed by atoms with E-state index in [1.165, 1.54) is 6.08 Å². The molecule has 10 heteroatoms. The number of nitrogens with one attached hydrogen (secondary N) is 3. The van der Waals surface area contributed by atoms with Gasteiger partial charge in [-0.2, -0.15) is 0 Å². The van der Waals surface area contributed by atoms with Crippen molar-refractivity contribution in [2.75, 3.05) is 13.2 Å². The Kier molecular flexibility index (Phi) is 10.8. The predicted octanol–water partition coefficient (Wildman–Crippen LogP) is 4.29. The number of hydrogen-bond donors (Lipinski definition) is 3. The second-order valence-corrected chi connectivity index (χ2v) is 7.61. The molecule has 0 aromatic heterocycles. The predicted molar refractivity (Wildman–Crippen MR) is 130 cm³/mol. The molecule has 0 saturated carbocycles. The molecule has 2 rings (SSSR count). The van der Waals surface area contributed by atoms with Crippen LogP contribution in [0, 0.1) is 0 Å². The molecule has 0 atom stereocenters. The lowest BCUT2D eigenvalue weighted by Gasteiger charge is -2.10. The van der Waals surface area contributed by atoms with E-state index in [4.69, 9.17) is 44.9 Å². The van der Waals surface area contributed by atoms with Crippen LogP contribution in [0.15, 0.2) is 48.5 Å². The number of benzene rings is 2. The third-order valence-corrected chi connectivity index (χ3v) is 4.60. The first-order valence-corrected chi connectivity index (χ1v) is 10.9. The Balaban J connectivity index is 1.62. The maximum Gasteiger partial charge on any atom is 0.250 e. The first-order valence-electron chi connectivity index (χ1n) is 9.76. The zero-order chi connectivity index (χ0) is 23.3. The molecule has 0 aliphatic carbocycles. The third-order valence-electron chi connectivity index (χ3n) is 3.87. The molecule has 32 heavy (non-hydrogen) atoms. The van der Waals surface area contributed by atoms with Crippen LogP contribution in [0.4, 0.5) is 0 Å². The molecule has 2 aromatic rings. The van der Waals surface area contributed by atoms with E-state index < -0.39 is 5.91 Å². The van der Waals surface area contributed by atoms with E-state index >= 15 is 0 Å². The number of halogens is 2. The molecule has 3 N–H and O–H groups in total. The zero-order valence-electron chi connectivity index (χ0n) is 17.3. The minimum atomic E-state index is -0.432. The number of thiocarbonyl (C=S) groups is 1. The van der Waals surface area contributed by atoms with Gasteiger partial charge in [-0.25, -0.2) is 0 Å². The molecule has 170 valence electrons. The van der Waals surface area contributed by atoms with Gasteiger partial charge in [-0.1, -0.05) is 35.3 Å². The molecule has 0 aliphatic heterocycles. The first-order chi connectivity index (χ1) is 15.4. The number of carbonyl (C=O) groups excluding carboxylic acids is 2. The van der Waals surface area contributed by atoms with Crippen molar-refractivity contribution in [3.63, 3.8) is 0 Å². The van der Waals surface area contributed by atoms with Crippen molar-refractivity contribution in [2.45, 2.75) is 19.8 Å². The lowest BCUT2D eigenvalue weighted by molar-refractivity contribution is -0.122. The van der Waals surface area contributed by atoms with Crippen molar-refractivity contribution < 1.29 is 19.1 Å². The van der Waals surface area contributed by atoms with E-state index in [0.29, 0.717) is 35.4 Å². The summed E-state index contributed by atoms with van der Waals surface area (Å²) in [6, 6.07) is 12.2. The van der Waals surface area contributed by atoms with E-state index in [1.54, 1.807) is 24.3 Å². The average Bonchev–Trinajstić information content (AvgIpc) is 2.76. The van der Waals surface area contributed by atoms with Crippen LogP contribution in [0.25, 0.3) is 6.08 Å². The lowest BCUT2D eigenvalue weighted by atomic mass is 10.2. The molecule has 0 radical (unpaired) electrons. The van der Waals surface area contributed by atoms with Gasteiger partial charge < -0.3 is 9.47 Å². The summed E-state index contributed by atoms with van der Waals surface area (Å²) in [6.07, 6.45) is 3.62. The molecular weight excluding hydrogens is 473 g/mol. The standard InChI is InChI=1S/C22H23Cl2N3O4S/c1-2-30-17-9-5-15(6-10-17)7-12-20(28)25-22(32)27-26-21(29)4-3-13-31-19-11-8-16(23)14-18(19)24/h5-12,14H,2-4,13H2,1H3,(H,26,29)(H2,25,27,28,32)/b12-7+. The summed E-state index contributed by atoms with van der Waals surface area (Å²) in [7, 11) is 0. The van der Waals surface area contributed by atoms with Gasteiger partial charge in [-0.05, 0) is 67.5 Å². The fourth-order valence-electron chi connectivity index (χ4n) is 2.39. The molecule has 0 unspecified atom stereocenters. The maximum absolute atomic E-state index is 11.9. The van der Waals surface area contributed by atoms with Crippen molar-refractivity contribution in [1.82, 2.24) is 16.2 Å². The minimum Gasteiger partial charge on any atom is -0.494 e. The maximum atomic E-state index is 11.9. The molecule has 2 amide bonds. The van der Waals surface area contributed by atoms with Gasteiger partial charge in [0.1, 0.15) is 11.5 Å². The Bertz CT molecular complexity index is 968. The SMILES string of the molecule is CCOc1ccc(/C=C/C(=O)NC(=S)NNC(=O)CCCOc2ccc(Cl)cc2Cl)cc1.